The second kappa shape index (κ2) is 11.3. The second-order valence-electron chi connectivity index (χ2n) is 6.91. The average molecular weight is 487 g/mol. The van der Waals surface area contributed by atoms with E-state index in [1.54, 1.807) is 0 Å². The van der Waals surface area contributed by atoms with Gasteiger partial charge in [0.05, 0.1) is 11.9 Å². The molecule has 0 saturated carbocycles. The number of aromatic nitrogens is 4. The van der Waals surface area contributed by atoms with Crippen molar-refractivity contribution in [3.63, 3.8) is 0 Å². The first kappa shape index (κ1) is 23.5. The monoisotopic (exact) mass is 487 g/mol. The fourth-order valence-corrected chi connectivity index (χ4v) is 3.10. The van der Waals surface area contributed by atoms with Crippen LogP contribution in [0.2, 0.25) is 0 Å². The topological polar surface area (TPSA) is 72.1 Å². The summed E-state index contributed by atoms with van der Waals surface area (Å²) in [7, 11) is 3.94. The van der Waals surface area contributed by atoms with E-state index >= 15 is 0 Å². The van der Waals surface area contributed by atoms with Gasteiger partial charge in [-0.2, -0.15) is 10.2 Å². The number of hydrogen-bond donors (Lipinski definition) is 2. The highest BCUT2D eigenvalue weighted by molar-refractivity contribution is 14.0. The predicted molar refractivity (Wildman–Crippen MR) is 122 cm³/mol. The maximum atomic E-state index is 4.71. The molecule has 152 valence electrons. The normalized spacial score (nSPS) is 12.6. The first-order valence-electron chi connectivity index (χ1n) is 9.42. The van der Waals surface area contributed by atoms with Crippen molar-refractivity contribution >= 4 is 29.9 Å². The number of guanidine groups is 1. The minimum Gasteiger partial charge on any atom is -0.357 e. The van der Waals surface area contributed by atoms with Gasteiger partial charge in [0, 0.05) is 45.1 Å². The van der Waals surface area contributed by atoms with Gasteiger partial charge in [0.15, 0.2) is 5.96 Å². The average Bonchev–Trinajstić information content (AvgIpc) is 3.10. The molecule has 7 nitrogen and oxygen atoms in total. The smallest absolute Gasteiger partial charge is 0.191 e. The summed E-state index contributed by atoms with van der Waals surface area (Å²) < 4.78 is 3.80. The molecule has 0 bridgehead atoms. The molecule has 0 fully saturated rings. The van der Waals surface area contributed by atoms with Crippen LogP contribution in [0.25, 0.3) is 0 Å². The lowest BCUT2D eigenvalue weighted by Gasteiger charge is -2.18. The lowest BCUT2D eigenvalue weighted by atomic mass is 10.1. The predicted octanol–water partition coefficient (Wildman–Crippen LogP) is 2.51. The van der Waals surface area contributed by atoms with Gasteiger partial charge in [-0.15, -0.1) is 24.0 Å². The summed E-state index contributed by atoms with van der Waals surface area (Å²) in [5.41, 5.74) is 4.92. The quantitative estimate of drug-likeness (QED) is 0.260. The summed E-state index contributed by atoms with van der Waals surface area (Å²) in [5.74, 6) is 0.880. The van der Waals surface area contributed by atoms with E-state index in [0.29, 0.717) is 0 Å². The SMILES string of the molecule is CCNC(=NCCCc1cnn(C)c1)NC(C)Cc1c(C)nn(C)c1C.I. The van der Waals surface area contributed by atoms with Crippen molar-refractivity contribution in [1.29, 1.82) is 0 Å². The van der Waals surface area contributed by atoms with Crippen LogP contribution in [-0.4, -0.2) is 44.7 Å². The maximum absolute atomic E-state index is 4.71. The van der Waals surface area contributed by atoms with Crippen molar-refractivity contribution in [2.75, 3.05) is 13.1 Å². The lowest BCUT2D eigenvalue weighted by molar-refractivity contribution is 0.634. The molecule has 0 radical (unpaired) electrons. The van der Waals surface area contributed by atoms with Gasteiger partial charge in [-0.25, -0.2) is 0 Å². The number of nitrogens with one attached hydrogen (secondary N) is 2. The van der Waals surface area contributed by atoms with E-state index in [9.17, 15) is 0 Å². The van der Waals surface area contributed by atoms with E-state index in [0.717, 1.165) is 44.0 Å². The molecule has 2 heterocycles. The molecule has 2 aromatic heterocycles. The molecule has 0 aliphatic carbocycles. The van der Waals surface area contributed by atoms with Crippen LogP contribution in [0.4, 0.5) is 0 Å². The van der Waals surface area contributed by atoms with Gasteiger partial charge in [-0.3, -0.25) is 14.4 Å². The summed E-state index contributed by atoms with van der Waals surface area (Å²) in [6, 6.07) is 0.285. The lowest BCUT2D eigenvalue weighted by Crippen LogP contribution is -2.43. The highest BCUT2D eigenvalue weighted by Gasteiger charge is 2.13. The highest BCUT2D eigenvalue weighted by Crippen LogP contribution is 2.14. The van der Waals surface area contributed by atoms with Gasteiger partial charge in [0.25, 0.3) is 0 Å². The molecule has 0 saturated heterocycles. The number of halogens is 1. The van der Waals surface area contributed by atoms with Crippen molar-refractivity contribution in [3.05, 3.63) is 34.9 Å². The van der Waals surface area contributed by atoms with E-state index < -0.39 is 0 Å². The largest absolute Gasteiger partial charge is 0.357 e. The van der Waals surface area contributed by atoms with Crippen molar-refractivity contribution in [2.45, 2.75) is 53.0 Å². The third kappa shape index (κ3) is 7.15. The molecular formula is C19H34IN7. The van der Waals surface area contributed by atoms with Gasteiger partial charge in [-0.05, 0) is 58.1 Å². The van der Waals surface area contributed by atoms with E-state index in [1.165, 1.54) is 16.8 Å². The Bertz CT molecular complexity index is 732. The molecule has 1 unspecified atom stereocenters. The van der Waals surface area contributed by atoms with Gasteiger partial charge in [0.2, 0.25) is 0 Å². The fraction of sp³-hybridized carbons (Fsp3) is 0.632. The summed E-state index contributed by atoms with van der Waals surface area (Å²) >= 11 is 0. The molecule has 0 spiro atoms. The summed E-state index contributed by atoms with van der Waals surface area (Å²) in [5, 5.41) is 15.6. The van der Waals surface area contributed by atoms with Crippen LogP contribution in [0, 0.1) is 13.8 Å². The maximum Gasteiger partial charge on any atom is 0.191 e. The van der Waals surface area contributed by atoms with Crippen LogP contribution in [0.15, 0.2) is 17.4 Å². The third-order valence-electron chi connectivity index (χ3n) is 4.55. The molecular weight excluding hydrogens is 453 g/mol. The number of rotatable bonds is 8. The number of aliphatic imine (C=N–C) groups is 1. The molecule has 0 aliphatic rings. The molecule has 1 atom stereocenters. The highest BCUT2D eigenvalue weighted by atomic mass is 127. The van der Waals surface area contributed by atoms with Gasteiger partial charge < -0.3 is 10.6 Å². The molecule has 0 aliphatic heterocycles. The zero-order valence-electron chi connectivity index (χ0n) is 17.4. The molecule has 27 heavy (non-hydrogen) atoms. The van der Waals surface area contributed by atoms with Crippen LogP contribution in [-0.2, 0) is 26.9 Å². The summed E-state index contributed by atoms with van der Waals surface area (Å²) in [4.78, 5) is 4.71. The van der Waals surface area contributed by atoms with Gasteiger partial charge in [0.1, 0.15) is 0 Å². The second-order valence-corrected chi connectivity index (χ2v) is 6.91. The Balaban J connectivity index is 0.00000364. The Morgan fingerprint density at radius 3 is 2.59 bits per heavy atom. The summed E-state index contributed by atoms with van der Waals surface area (Å²) in [6.07, 6.45) is 6.94. The van der Waals surface area contributed by atoms with Crippen LogP contribution in [0.3, 0.4) is 0 Å². The van der Waals surface area contributed by atoms with Crippen LogP contribution >= 0.6 is 24.0 Å². The zero-order chi connectivity index (χ0) is 19.1. The first-order chi connectivity index (χ1) is 12.4. The Kier molecular flexibility index (Phi) is 9.82. The standard InChI is InChI=1S/C19H33N7.HI/c1-7-20-19(21-10-8-9-17-12-22-25(5)13-17)23-14(2)11-18-15(3)24-26(6)16(18)4;/h12-14H,7-11H2,1-6H3,(H2,20,21,23);1H. The molecule has 2 rings (SSSR count). The van der Waals surface area contributed by atoms with Crippen molar-refractivity contribution in [1.82, 2.24) is 30.2 Å². The molecule has 0 aromatic carbocycles. The van der Waals surface area contributed by atoms with E-state index in [4.69, 9.17) is 4.99 Å². The first-order valence-corrected chi connectivity index (χ1v) is 9.42. The Hall–Kier alpha value is -1.58. The minimum absolute atomic E-state index is 0. The van der Waals surface area contributed by atoms with E-state index in [2.05, 4.69) is 54.7 Å². The van der Waals surface area contributed by atoms with Crippen molar-refractivity contribution in [3.8, 4) is 0 Å². The van der Waals surface area contributed by atoms with E-state index in [-0.39, 0.29) is 30.0 Å². The van der Waals surface area contributed by atoms with Crippen molar-refractivity contribution in [2.24, 2.45) is 19.1 Å². The Morgan fingerprint density at radius 2 is 2.04 bits per heavy atom. The number of aryl methyl sites for hydroxylation is 4. The molecule has 2 N–H and O–H groups in total. The Labute approximate surface area is 180 Å². The van der Waals surface area contributed by atoms with Crippen LogP contribution < -0.4 is 10.6 Å². The number of hydrogen-bond acceptors (Lipinski definition) is 3. The van der Waals surface area contributed by atoms with Crippen LogP contribution in [0.5, 0.6) is 0 Å². The Morgan fingerprint density at radius 1 is 1.30 bits per heavy atom. The molecule has 0 amide bonds. The molecule has 8 heteroatoms. The van der Waals surface area contributed by atoms with E-state index in [1.807, 2.05) is 29.7 Å². The van der Waals surface area contributed by atoms with Crippen LogP contribution in [0.1, 0.15) is 42.8 Å². The third-order valence-corrected chi connectivity index (χ3v) is 4.55. The minimum atomic E-state index is 0. The molecule has 2 aromatic rings. The van der Waals surface area contributed by atoms with Gasteiger partial charge in [-0.1, -0.05) is 0 Å². The van der Waals surface area contributed by atoms with Crippen molar-refractivity contribution < 1.29 is 0 Å². The fourth-order valence-electron chi connectivity index (χ4n) is 3.10. The summed E-state index contributed by atoms with van der Waals surface area (Å²) in [6.45, 7) is 10.1. The zero-order valence-corrected chi connectivity index (χ0v) is 19.7. The number of nitrogens with zero attached hydrogens (tertiary/aromatic N) is 5. The van der Waals surface area contributed by atoms with Gasteiger partial charge >= 0.3 is 0 Å².